The number of nitrogens with two attached hydrogens (primary N) is 1. The van der Waals surface area contributed by atoms with Crippen LogP contribution in [0.3, 0.4) is 0 Å². The third-order valence-corrected chi connectivity index (χ3v) is 3.73. The van der Waals surface area contributed by atoms with Crippen LogP contribution in [-0.4, -0.2) is 32.7 Å². The lowest BCUT2D eigenvalue weighted by Gasteiger charge is -2.28. The largest absolute Gasteiger partial charge is 0.446 e. The van der Waals surface area contributed by atoms with Gasteiger partial charge in [0.1, 0.15) is 0 Å². The molecule has 0 unspecified atom stereocenters. The number of carbonyl (C=O) groups excluding carboxylic acids is 1. The Morgan fingerprint density at radius 1 is 1.33 bits per heavy atom. The highest BCUT2D eigenvalue weighted by Crippen LogP contribution is 2.17. The summed E-state index contributed by atoms with van der Waals surface area (Å²) >= 11 is 0. The third-order valence-electron chi connectivity index (χ3n) is 2.69. The first-order valence-electron chi connectivity index (χ1n) is 6.06. The Morgan fingerprint density at radius 2 is 1.94 bits per heavy atom. The van der Waals surface area contributed by atoms with Crippen molar-refractivity contribution in [1.82, 2.24) is 9.44 Å². The fraction of sp³-hybridized carbons (Fsp3) is 0.900. The summed E-state index contributed by atoms with van der Waals surface area (Å²) in [6.45, 7) is 3.27. The molecule has 18 heavy (non-hydrogen) atoms. The molecule has 0 radical (unpaired) electrons. The molecule has 8 heteroatoms. The molecule has 1 aliphatic rings. The van der Waals surface area contributed by atoms with Crippen molar-refractivity contribution < 1.29 is 17.9 Å². The Balaban J connectivity index is 2.51. The SMILES string of the molecule is CC(C)OC(=O)NS(=O)(=O)N[C@@H]1CCCC[C@H]1N. The van der Waals surface area contributed by atoms with Crippen molar-refractivity contribution in [1.29, 1.82) is 0 Å². The van der Waals surface area contributed by atoms with Gasteiger partial charge in [0.2, 0.25) is 0 Å². The Labute approximate surface area is 108 Å². The Hall–Kier alpha value is -0.860. The van der Waals surface area contributed by atoms with Gasteiger partial charge in [-0.1, -0.05) is 12.8 Å². The number of rotatable bonds is 4. The molecule has 0 saturated heterocycles. The monoisotopic (exact) mass is 279 g/mol. The molecule has 1 fully saturated rings. The minimum absolute atomic E-state index is 0.212. The van der Waals surface area contributed by atoms with E-state index in [1.54, 1.807) is 18.6 Å². The molecule has 4 N–H and O–H groups in total. The minimum atomic E-state index is -3.91. The van der Waals surface area contributed by atoms with Crippen molar-refractivity contribution in [2.24, 2.45) is 5.73 Å². The molecule has 2 atom stereocenters. The van der Waals surface area contributed by atoms with Crippen molar-refractivity contribution in [2.75, 3.05) is 0 Å². The van der Waals surface area contributed by atoms with Gasteiger partial charge in [0.15, 0.2) is 0 Å². The number of nitrogens with one attached hydrogen (secondary N) is 2. The maximum absolute atomic E-state index is 11.7. The molecule has 0 bridgehead atoms. The lowest BCUT2D eigenvalue weighted by atomic mass is 9.92. The van der Waals surface area contributed by atoms with Gasteiger partial charge in [-0.3, -0.25) is 0 Å². The summed E-state index contributed by atoms with van der Waals surface area (Å²) in [7, 11) is -3.91. The number of carbonyl (C=O) groups is 1. The van der Waals surface area contributed by atoms with E-state index < -0.39 is 16.3 Å². The van der Waals surface area contributed by atoms with E-state index >= 15 is 0 Å². The lowest BCUT2D eigenvalue weighted by molar-refractivity contribution is 0.121. The van der Waals surface area contributed by atoms with E-state index in [2.05, 4.69) is 4.72 Å². The van der Waals surface area contributed by atoms with Gasteiger partial charge < -0.3 is 10.5 Å². The van der Waals surface area contributed by atoms with E-state index in [0.29, 0.717) is 6.42 Å². The van der Waals surface area contributed by atoms with Crippen LogP contribution in [0.5, 0.6) is 0 Å². The smallest absolute Gasteiger partial charge is 0.422 e. The number of hydrogen-bond donors (Lipinski definition) is 3. The molecule has 0 aromatic heterocycles. The number of ether oxygens (including phenoxy) is 1. The molecule has 0 aliphatic heterocycles. The summed E-state index contributed by atoms with van der Waals surface area (Å²) in [4.78, 5) is 11.2. The first-order chi connectivity index (χ1) is 8.30. The first-order valence-corrected chi connectivity index (χ1v) is 7.55. The summed E-state index contributed by atoms with van der Waals surface area (Å²) in [5.41, 5.74) is 5.83. The number of amides is 1. The van der Waals surface area contributed by atoms with Gasteiger partial charge in [-0.15, -0.1) is 0 Å². The maximum atomic E-state index is 11.7. The summed E-state index contributed by atoms with van der Waals surface area (Å²) < 4.78 is 32.2. The van der Waals surface area contributed by atoms with E-state index in [1.165, 1.54) is 0 Å². The zero-order chi connectivity index (χ0) is 13.8. The van der Waals surface area contributed by atoms with Crippen LogP contribution in [0, 0.1) is 0 Å². The number of hydrogen-bond acceptors (Lipinski definition) is 5. The Bertz CT molecular complexity index is 383. The molecule has 106 valence electrons. The van der Waals surface area contributed by atoms with Crippen LogP contribution in [0.1, 0.15) is 39.5 Å². The standard InChI is InChI=1S/C10H21N3O4S/c1-7(2)17-10(14)13-18(15,16)12-9-6-4-3-5-8(9)11/h7-9,12H,3-6,11H2,1-2H3,(H,13,14)/t8-,9-/m1/s1. The molecular weight excluding hydrogens is 258 g/mol. The molecule has 0 heterocycles. The van der Waals surface area contributed by atoms with Crippen LogP contribution < -0.4 is 15.2 Å². The van der Waals surface area contributed by atoms with Crippen LogP contribution in [0.2, 0.25) is 0 Å². The normalized spacial score (nSPS) is 24.9. The van der Waals surface area contributed by atoms with Gasteiger partial charge in [-0.2, -0.15) is 13.1 Å². The van der Waals surface area contributed by atoms with Crippen molar-refractivity contribution in [2.45, 2.75) is 57.7 Å². The van der Waals surface area contributed by atoms with E-state index in [9.17, 15) is 13.2 Å². The van der Waals surface area contributed by atoms with Gasteiger partial charge in [0.25, 0.3) is 0 Å². The molecule has 7 nitrogen and oxygen atoms in total. The second kappa shape index (κ2) is 6.35. The van der Waals surface area contributed by atoms with E-state index in [1.807, 2.05) is 0 Å². The van der Waals surface area contributed by atoms with E-state index in [-0.39, 0.29) is 18.2 Å². The predicted octanol–water partition coefficient (Wildman–Crippen LogP) is 0.225. The van der Waals surface area contributed by atoms with Crippen LogP contribution in [0.4, 0.5) is 4.79 Å². The van der Waals surface area contributed by atoms with Gasteiger partial charge in [-0.05, 0) is 26.7 Å². The average Bonchev–Trinajstić information content (AvgIpc) is 2.18. The highest BCUT2D eigenvalue weighted by Gasteiger charge is 2.27. The van der Waals surface area contributed by atoms with Gasteiger partial charge in [-0.25, -0.2) is 9.52 Å². The molecule has 0 spiro atoms. The van der Waals surface area contributed by atoms with E-state index in [0.717, 1.165) is 19.3 Å². The summed E-state index contributed by atoms with van der Waals surface area (Å²) in [6, 6.07) is -0.542. The Kier molecular flexibility index (Phi) is 5.36. The molecule has 0 aromatic carbocycles. The molecule has 1 saturated carbocycles. The minimum Gasteiger partial charge on any atom is -0.446 e. The van der Waals surface area contributed by atoms with Crippen LogP contribution in [-0.2, 0) is 14.9 Å². The average molecular weight is 279 g/mol. The van der Waals surface area contributed by atoms with Crippen molar-refractivity contribution in [3.05, 3.63) is 0 Å². The van der Waals surface area contributed by atoms with Crippen LogP contribution >= 0.6 is 0 Å². The summed E-state index contributed by atoms with van der Waals surface area (Å²) in [5, 5.41) is 0. The molecule has 0 aromatic rings. The van der Waals surface area contributed by atoms with Crippen molar-refractivity contribution >= 4 is 16.3 Å². The quantitative estimate of drug-likeness (QED) is 0.682. The predicted molar refractivity (Wildman–Crippen MR) is 67.0 cm³/mol. The Morgan fingerprint density at radius 3 is 2.50 bits per heavy atom. The molecular formula is C10H21N3O4S. The molecule has 1 aliphatic carbocycles. The van der Waals surface area contributed by atoms with Crippen LogP contribution in [0.25, 0.3) is 0 Å². The maximum Gasteiger partial charge on any atom is 0.422 e. The molecule has 1 amide bonds. The second-order valence-electron chi connectivity index (χ2n) is 4.73. The fourth-order valence-corrected chi connectivity index (χ4v) is 2.90. The highest BCUT2D eigenvalue weighted by atomic mass is 32.2. The third kappa shape index (κ3) is 5.19. The zero-order valence-electron chi connectivity index (χ0n) is 10.7. The van der Waals surface area contributed by atoms with Gasteiger partial charge in [0, 0.05) is 12.1 Å². The van der Waals surface area contributed by atoms with Crippen molar-refractivity contribution in [3.8, 4) is 0 Å². The van der Waals surface area contributed by atoms with Crippen molar-refractivity contribution in [3.63, 3.8) is 0 Å². The molecule has 1 rings (SSSR count). The second-order valence-corrected chi connectivity index (χ2v) is 6.18. The van der Waals surface area contributed by atoms with Gasteiger partial charge >= 0.3 is 16.3 Å². The summed E-state index contributed by atoms with van der Waals surface area (Å²) in [6.07, 6.45) is 2.03. The summed E-state index contributed by atoms with van der Waals surface area (Å²) in [5.74, 6) is 0. The fourth-order valence-electron chi connectivity index (χ4n) is 1.88. The first kappa shape index (κ1) is 15.2. The highest BCUT2D eigenvalue weighted by molar-refractivity contribution is 7.88. The zero-order valence-corrected chi connectivity index (χ0v) is 11.5. The lowest BCUT2D eigenvalue weighted by Crippen LogP contribution is -2.53. The topological polar surface area (TPSA) is 111 Å². The van der Waals surface area contributed by atoms with Gasteiger partial charge in [0.05, 0.1) is 6.10 Å². The van der Waals surface area contributed by atoms with Crippen LogP contribution in [0.15, 0.2) is 0 Å². The van der Waals surface area contributed by atoms with E-state index in [4.69, 9.17) is 10.5 Å².